The molecule has 57 heavy (non-hydrogen) atoms. The summed E-state index contributed by atoms with van der Waals surface area (Å²) < 4.78 is 26.2. The summed E-state index contributed by atoms with van der Waals surface area (Å²) in [5.41, 5.74) is 8.20. The van der Waals surface area contributed by atoms with Gasteiger partial charge < -0.3 is 18.1 Å². The van der Waals surface area contributed by atoms with Gasteiger partial charge in [0.05, 0.1) is 22.3 Å². The first-order chi connectivity index (χ1) is 27.6. The Balaban J connectivity index is 0.963. The fraction of sp³-hybridized carbons (Fsp3) is 0.327. The molecular formula is C49H44BN3O4. The van der Waals surface area contributed by atoms with Gasteiger partial charge in [-0.2, -0.15) is 0 Å². The zero-order valence-electron chi connectivity index (χ0n) is 32.8. The highest BCUT2D eigenvalue weighted by atomic mass is 16.7. The first-order valence-electron chi connectivity index (χ1n) is 20.7. The Morgan fingerprint density at radius 3 is 1.67 bits per heavy atom. The van der Waals surface area contributed by atoms with E-state index in [1.807, 2.05) is 64.1 Å². The fourth-order valence-corrected chi connectivity index (χ4v) is 11.2. The molecule has 4 heterocycles. The Morgan fingerprint density at radius 1 is 0.526 bits per heavy atom. The minimum Gasteiger partial charge on any atom is -0.455 e. The normalized spacial score (nSPS) is 24.8. The summed E-state index contributed by atoms with van der Waals surface area (Å²) >= 11 is 0. The Morgan fingerprint density at radius 2 is 1.05 bits per heavy atom. The Bertz CT molecular complexity index is 2870. The van der Waals surface area contributed by atoms with Gasteiger partial charge in [-0.05, 0) is 136 Å². The molecule has 13 rings (SSSR count). The van der Waals surface area contributed by atoms with Crippen molar-refractivity contribution in [2.24, 2.45) is 17.8 Å². The lowest BCUT2D eigenvalue weighted by atomic mass is 9.48. The maximum Gasteiger partial charge on any atom is 0.534 e. The van der Waals surface area contributed by atoms with E-state index in [1.165, 1.54) is 49.7 Å². The zero-order chi connectivity index (χ0) is 38.3. The van der Waals surface area contributed by atoms with Crippen molar-refractivity contribution in [3.63, 3.8) is 0 Å². The van der Waals surface area contributed by atoms with Crippen LogP contribution < -0.4 is 5.72 Å². The SMILES string of the molecule is CC1(C)OB(c2nc(-c3cccc4c3oc3ccccc34)nc(-c3cccc4c3oc3ccc(-c5ccc(C67CC8CC(CC(C8)C6)C7)cc5)cc34)n2)OC1(C)C. The van der Waals surface area contributed by atoms with Crippen molar-refractivity contribution in [2.45, 2.75) is 82.8 Å². The van der Waals surface area contributed by atoms with Gasteiger partial charge in [0.15, 0.2) is 17.4 Å². The third-order valence-corrected chi connectivity index (χ3v) is 14.4. The van der Waals surface area contributed by atoms with E-state index < -0.39 is 18.3 Å². The number of para-hydroxylation sites is 3. The van der Waals surface area contributed by atoms with Crippen LogP contribution in [0.1, 0.15) is 71.8 Å². The maximum absolute atomic E-state index is 6.69. The molecule has 0 atom stereocenters. The van der Waals surface area contributed by atoms with Crippen LogP contribution in [0.2, 0.25) is 0 Å². The molecule has 0 spiro atoms. The molecule has 0 N–H and O–H groups in total. The third-order valence-electron chi connectivity index (χ3n) is 14.4. The second-order valence-corrected chi connectivity index (χ2v) is 18.5. The monoisotopic (exact) mass is 749 g/mol. The van der Waals surface area contributed by atoms with E-state index in [9.17, 15) is 0 Å². The Hall–Kier alpha value is -5.31. The Labute approximate surface area is 332 Å². The van der Waals surface area contributed by atoms with E-state index in [1.54, 1.807) is 5.56 Å². The lowest BCUT2D eigenvalue weighted by Crippen LogP contribution is -2.48. The molecule has 5 fully saturated rings. The molecule has 1 saturated heterocycles. The van der Waals surface area contributed by atoms with Crippen LogP contribution in [0.4, 0.5) is 0 Å². The molecule has 7 nitrogen and oxygen atoms in total. The van der Waals surface area contributed by atoms with Crippen molar-refractivity contribution in [1.29, 1.82) is 0 Å². The van der Waals surface area contributed by atoms with Crippen LogP contribution in [-0.4, -0.2) is 33.3 Å². The molecule has 5 aliphatic rings. The molecular weight excluding hydrogens is 705 g/mol. The fourth-order valence-electron chi connectivity index (χ4n) is 11.2. The standard InChI is InChI=1S/C49H44BN3O4/c1-47(2)48(3,4)57-50(56-47)46-52-44(37-12-7-10-35-34-9-5-6-14-40(34)54-42(35)37)51-45(53-46)38-13-8-11-36-39-24-32(17-20-41(39)55-43(36)38)31-15-18-33(19-16-31)49-25-28-21-29(26-49)23-30(22-28)27-49/h5-20,24,28-30H,21-23,25-27H2,1-4H3. The number of hydrogen-bond donors (Lipinski definition) is 0. The van der Waals surface area contributed by atoms with Gasteiger partial charge in [0, 0.05) is 21.5 Å². The summed E-state index contributed by atoms with van der Waals surface area (Å²) in [5, 5.41) is 4.11. The first-order valence-corrected chi connectivity index (χ1v) is 20.7. The summed E-state index contributed by atoms with van der Waals surface area (Å²) in [6.07, 6.45) is 8.53. The summed E-state index contributed by atoms with van der Waals surface area (Å²) in [6.45, 7) is 8.14. The molecule has 5 aromatic carbocycles. The van der Waals surface area contributed by atoms with Gasteiger partial charge in [0.1, 0.15) is 22.3 Å². The second kappa shape index (κ2) is 11.9. The van der Waals surface area contributed by atoms with Crippen LogP contribution in [-0.2, 0) is 14.7 Å². The molecule has 4 saturated carbocycles. The van der Waals surface area contributed by atoms with Crippen molar-refractivity contribution in [1.82, 2.24) is 15.0 Å². The predicted molar refractivity (Wildman–Crippen MR) is 226 cm³/mol. The molecule has 3 aromatic heterocycles. The molecule has 282 valence electrons. The number of benzene rings is 5. The summed E-state index contributed by atoms with van der Waals surface area (Å²) in [6, 6.07) is 36.4. The number of furan rings is 2. The quantitative estimate of drug-likeness (QED) is 0.162. The van der Waals surface area contributed by atoms with Crippen LogP contribution in [0.25, 0.3) is 77.8 Å². The molecule has 4 aliphatic carbocycles. The zero-order valence-corrected chi connectivity index (χ0v) is 32.8. The van der Waals surface area contributed by atoms with E-state index in [0.717, 1.165) is 72.8 Å². The van der Waals surface area contributed by atoms with Gasteiger partial charge in [-0.25, -0.2) is 15.0 Å². The van der Waals surface area contributed by atoms with Gasteiger partial charge in [0.25, 0.3) is 0 Å². The molecule has 8 heteroatoms. The number of hydrogen-bond acceptors (Lipinski definition) is 7. The first kappa shape index (κ1) is 33.8. The number of nitrogens with zero attached hydrogens (tertiary/aromatic N) is 3. The molecule has 8 aromatic rings. The maximum atomic E-state index is 6.69. The lowest BCUT2D eigenvalue weighted by molar-refractivity contribution is -0.00518. The number of rotatable bonds is 5. The Kier molecular flexibility index (Phi) is 7.04. The molecule has 1 aliphatic heterocycles. The van der Waals surface area contributed by atoms with Crippen molar-refractivity contribution in [2.75, 3.05) is 0 Å². The van der Waals surface area contributed by atoms with E-state index >= 15 is 0 Å². The van der Waals surface area contributed by atoms with Gasteiger partial charge in [-0.1, -0.05) is 72.8 Å². The summed E-state index contributed by atoms with van der Waals surface area (Å²) in [5.74, 6) is 3.75. The number of aromatic nitrogens is 3. The molecule has 0 unspecified atom stereocenters. The minimum absolute atomic E-state index is 0.393. The molecule has 4 bridgehead atoms. The number of fused-ring (bicyclic) bond motifs is 6. The second-order valence-electron chi connectivity index (χ2n) is 18.5. The molecule has 0 radical (unpaired) electrons. The summed E-state index contributed by atoms with van der Waals surface area (Å²) in [4.78, 5) is 15.2. The van der Waals surface area contributed by atoms with Crippen molar-refractivity contribution in [3.8, 4) is 33.9 Å². The van der Waals surface area contributed by atoms with Crippen LogP contribution in [0.15, 0.2) is 112 Å². The van der Waals surface area contributed by atoms with Gasteiger partial charge in [-0.3, -0.25) is 0 Å². The smallest absolute Gasteiger partial charge is 0.455 e. The van der Waals surface area contributed by atoms with Gasteiger partial charge >= 0.3 is 7.12 Å². The van der Waals surface area contributed by atoms with E-state index in [-0.39, 0.29) is 0 Å². The van der Waals surface area contributed by atoms with Crippen molar-refractivity contribution in [3.05, 3.63) is 109 Å². The van der Waals surface area contributed by atoms with Crippen LogP contribution in [0, 0.1) is 17.8 Å². The largest absolute Gasteiger partial charge is 0.534 e. The highest BCUT2D eigenvalue weighted by molar-refractivity contribution is 6.60. The van der Waals surface area contributed by atoms with Crippen LogP contribution in [0.5, 0.6) is 0 Å². The van der Waals surface area contributed by atoms with E-state index in [4.69, 9.17) is 33.1 Å². The molecule has 0 amide bonds. The third kappa shape index (κ3) is 5.16. The van der Waals surface area contributed by atoms with E-state index in [0.29, 0.717) is 22.8 Å². The van der Waals surface area contributed by atoms with Crippen molar-refractivity contribution < 1.29 is 18.1 Å². The predicted octanol–water partition coefficient (Wildman–Crippen LogP) is 11.4. The highest BCUT2D eigenvalue weighted by Crippen LogP contribution is 2.60. The summed E-state index contributed by atoms with van der Waals surface area (Å²) in [7, 11) is -0.794. The van der Waals surface area contributed by atoms with Gasteiger partial charge in [-0.15, -0.1) is 0 Å². The minimum atomic E-state index is -0.794. The van der Waals surface area contributed by atoms with Crippen LogP contribution in [0.3, 0.4) is 0 Å². The van der Waals surface area contributed by atoms with Gasteiger partial charge in [0.2, 0.25) is 0 Å². The van der Waals surface area contributed by atoms with Crippen molar-refractivity contribution >= 4 is 56.7 Å². The van der Waals surface area contributed by atoms with E-state index in [2.05, 4.69) is 66.7 Å². The highest BCUT2D eigenvalue weighted by Gasteiger charge is 2.54. The average molecular weight is 750 g/mol. The lowest BCUT2D eigenvalue weighted by Gasteiger charge is -2.57. The topological polar surface area (TPSA) is 83.4 Å². The average Bonchev–Trinajstić information content (AvgIpc) is 3.85. The van der Waals surface area contributed by atoms with Crippen LogP contribution >= 0.6 is 0 Å².